The molecule has 0 saturated carbocycles. The number of carbonyl (C=O) groups is 1. The van der Waals surface area contributed by atoms with E-state index in [9.17, 15) is 14.4 Å². The SMILES string of the molecule is CCN(CC)C(=O)c1sc2c(c1C)c(=O)n(-c1ccc(C)c(C)c1)c(=O)n2Cc1ccc(C)cc1. The molecule has 0 aliphatic carbocycles. The Morgan fingerprint density at radius 2 is 1.57 bits per heavy atom. The van der Waals surface area contributed by atoms with E-state index in [0.717, 1.165) is 22.3 Å². The van der Waals surface area contributed by atoms with Crippen LogP contribution in [-0.2, 0) is 6.54 Å². The van der Waals surface area contributed by atoms with Crippen molar-refractivity contribution < 1.29 is 4.79 Å². The number of nitrogens with zero attached hydrogens (tertiary/aromatic N) is 3. The van der Waals surface area contributed by atoms with E-state index in [4.69, 9.17) is 0 Å². The zero-order valence-electron chi connectivity index (χ0n) is 21.1. The lowest BCUT2D eigenvalue weighted by molar-refractivity contribution is 0.0777. The van der Waals surface area contributed by atoms with E-state index in [1.54, 1.807) is 15.5 Å². The van der Waals surface area contributed by atoms with Gasteiger partial charge in [0.1, 0.15) is 4.83 Å². The molecule has 6 nitrogen and oxygen atoms in total. The molecule has 0 aliphatic heterocycles. The second-order valence-electron chi connectivity index (χ2n) is 8.98. The molecule has 0 saturated heterocycles. The molecular weight excluding hydrogens is 458 g/mol. The average molecular weight is 490 g/mol. The minimum absolute atomic E-state index is 0.111. The van der Waals surface area contributed by atoms with Crippen LogP contribution in [0.2, 0.25) is 0 Å². The number of benzene rings is 2. The highest BCUT2D eigenvalue weighted by Gasteiger charge is 2.25. The minimum Gasteiger partial charge on any atom is -0.338 e. The summed E-state index contributed by atoms with van der Waals surface area (Å²) in [6, 6.07) is 13.6. The number of fused-ring (bicyclic) bond motifs is 1. The lowest BCUT2D eigenvalue weighted by Gasteiger charge is -2.17. The molecule has 0 fully saturated rings. The Morgan fingerprint density at radius 1 is 0.914 bits per heavy atom. The molecule has 182 valence electrons. The first-order chi connectivity index (χ1) is 16.7. The second-order valence-corrected chi connectivity index (χ2v) is 9.98. The Hall–Kier alpha value is -3.45. The summed E-state index contributed by atoms with van der Waals surface area (Å²) in [5.74, 6) is -0.111. The quantitative estimate of drug-likeness (QED) is 0.384. The first-order valence-corrected chi connectivity index (χ1v) is 12.7. The van der Waals surface area contributed by atoms with E-state index >= 15 is 0 Å². The van der Waals surface area contributed by atoms with Crippen LogP contribution in [0.3, 0.4) is 0 Å². The largest absolute Gasteiger partial charge is 0.338 e. The lowest BCUT2D eigenvalue weighted by atomic mass is 10.1. The summed E-state index contributed by atoms with van der Waals surface area (Å²) in [7, 11) is 0. The van der Waals surface area contributed by atoms with Gasteiger partial charge >= 0.3 is 5.69 Å². The fourth-order valence-corrected chi connectivity index (χ4v) is 5.57. The number of aromatic nitrogens is 2. The van der Waals surface area contributed by atoms with Crippen LogP contribution in [0.25, 0.3) is 15.9 Å². The number of rotatable bonds is 6. The maximum Gasteiger partial charge on any atom is 0.337 e. The van der Waals surface area contributed by atoms with E-state index in [0.29, 0.717) is 46.0 Å². The molecule has 2 aromatic heterocycles. The summed E-state index contributed by atoms with van der Waals surface area (Å²) in [6.07, 6.45) is 0. The van der Waals surface area contributed by atoms with E-state index < -0.39 is 5.69 Å². The molecule has 0 bridgehead atoms. The van der Waals surface area contributed by atoms with Crippen molar-refractivity contribution in [3.63, 3.8) is 0 Å². The molecule has 0 N–H and O–H groups in total. The van der Waals surface area contributed by atoms with Crippen molar-refractivity contribution in [1.82, 2.24) is 14.0 Å². The summed E-state index contributed by atoms with van der Waals surface area (Å²) in [5.41, 5.74) is 4.53. The first kappa shape index (κ1) is 24.7. The molecule has 1 amide bonds. The summed E-state index contributed by atoms with van der Waals surface area (Å²) >= 11 is 1.24. The van der Waals surface area contributed by atoms with E-state index in [-0.39, 0.29) is 11.5 Å². The predicted octanol–water partition coefficient (Wildman–Crippen LogP) is 4.98. The van der Waals surface area contributed by atoms with E-state index in [2.05, 4.69) is 0 Å². The molecule has 4 rings (SSSR count). The molecule has 35 heavy (non-hydrogen) atoms. The Morgan fingerprint density at radius 3 is 2.17 bits per heavy atom. The Bertz CT molecular complexity index is 1540. The van der Waals surface area contributed by atoms with Gasteiger partial charge < -0.3 is 4.90 Å². The highest BCUT2D eigenvalue weighted by Crippen LogP contribution is 2.30. The molecule has 7 heteroatoms. The molecule has 0 spiro atoms. The normalized spacial score (nSPS) is 11.3. The van der Waals surface area contributed by atoms with Crippen LogP contribution >= 0.6 is 11.3 Å². The van der Waals surface area contributed by atoms with Gasteiger partial charge in [0.2, 0.25) is 0 Å². The first-order valence-electron chi connectivity index (χ1n) is 11.9. The Kier molecular flexibility index (Phi) is 6.81. The number of hydrogen-bond acceptors (Lipinski definition) is 4. The van der Waals surface area contributed by atoms with Gasteiger partial charge in [-0.1, -0.05) is 35.9 Å². The molecule has 0 atom stereocenters. The molecule has 2 aromatic carbocycles. The lowest BCUT2D eigenvalue weighted by Crippen LogP contribution is -2.39. The van der Waals surface area contributed by atoms with Crippen LogP contribution in [0, 0.1) is 27.7 Å². The minimum atomic E-state index is -0.408. The Labute approximate surface area is 209 Å². The maximum absolute atomic E-state index is 13.8. The van der Waals surface area contributed by atoms with Crippen molar-refractivity contribution in [3.05, 3.63) is 96.0 Å². The van der Waals surface area contributed by atoms with Gasteiger partial charge in [-0.25, -0.2) is 9.36 Å². The van der Waals surface area contributed by atoms with Gasteiger partial charge in [0, 0.05) is 13.1 Å². The zero-order valence-corrected chi connectivity index (χ0v) is 22.0. The number of aryl methyl sites for hydroxylation is 4. The third-order valence-electron chi connectivity index (χ3n) is 6.67. The molecule has 0 unspecified atom stereocenters. The summed E-state index contributed by atoms with van der Waals surface area (Å²) in [5, 5.41) is 0.426. The van der Waals surface area contributed by atoms with Gasteiger partial charge in [-0.05, 0) is 75.9 Å². The van der Waals surface area contributed by atoms with Gasteiger partial charge in [-0.2, -0.15) is 0 Å². The maximum atomic E-state index is 13.8. The standard InChI is InChI=1S/C28H31N3O3S/c1-7-29(8-2)26(33)24-20(6)23-25(32)31(22-14-11-18(4)19(5)15-22)28(34)30(27(23)35-24)16-21-12-9-17(3)10-13-21/h9-15H,7-8,16H2,1-6H3. The van der Waals surface area contributed by atoms with Crippen LogP contribution in [-0.4, -0.2) is 33.0 Å². The van der Waals surface area contributed by atoms with Gasteiger partial charge in [-0.15, -0.1) is 11.3 Å². The summed E-state index contributed by atoms with van der Waals surface area (Å²) < 4.78 is 2.88. The monoisotopic (exact) mass is 489 g/mol. The fourth-order valence-electron chi connectivity index (χ4n) is 4.31. The summed E-state index contributed by atoms with van der Waals surface area (Å²) in [6.45, 7) is 13.1. The van der Waals surface area contributed by atoms with Crippen molar-refractivity contribution in [2.45, 2.75) is 48.1 Å². The van der Waals surface area contributed by atoms with Gasteiger partial charge in [0.05, 0.1) is 22.5 Å². The van der Waals surface area contributed by atoms with Gasteiger partial charge in [0.15, 0.2) is 0 Å². The fraction of sp³-hybridized carbons (Fsp3) is 0.321. The molecule has 2 heterocycles. The third kappa shape index (κ3) is 4.36. The van der Waals surface area contributed by atoms with Crippen LogP contribution < -0.4 is 11.2 Å². The van der Waals surface area contributed by atoms with E-state index in [1.165, 1.54) is 15.9 Å². The van der Waals surface area contributed by atoms with Gasteiger partial charge in [-0.3, -0.25) is 14.2 Å². The number of amides is 1. The average Bonchev–Trinajstić information content (AvgIpc) is 3.18. The van der Waals surface area contributed by atoms with Crippen molar-refractivity contribution in [3.8, 4) is 5.69 Å². The highest BCUT2D eigenvalue weighted by molar-refractivity contribution is 7.20. The van der Waals surface area contributed by atoms with Crippen LogP contribution in [0.4, 0.5) is 0 Å². The highest BCUT2D eigenvalue weighted by atomic mass is 32.1. The van der Waals surface area contributed by atoms with E-state index in [1.807, 2.05) is 77.9 Å². The third-order valence-corrected chi connectivity index (χ3v) is 7.97. The molecular formula is C28H31N3O3S. The van der Waals surface area contributed by atoms with Crippen LogP contribution in [0.15, 0.2) is 52.1 Å². The number of thiophene rings is 1. The van der Waals surface area contributed by atoms with Crippen molar-refractivity contribution in [2.24, 2.45) is 0 Å². The number of hydrogen-bond donors (Lipinski definition) is 0. The van der Waals surface area contributed by atoms with Crippen molar-refractivity contribution >= 4 is 27.5 Å². The Balaban J connectivity index is 2.05. The summed E-state index contributed by atoms with van der Waals surface area (Å²) in [4.78, 5) is 43.7. The predicted molar refractivity (Wildman–Crippen MR) is 143 cm³/mol. The molecule has 0 radical (unpaired) electrons. The zero-order chi connectivity index (χ0) is 25.4. The smallest absolute Gasteiger partial charge is 0.337 e. The molecule has 0 aliphatic rings. The van der Waals surface area contributed by atoms with Crippen molar-refractivity contribution in [1.29, 1.82) is 0 Å². The van der Waals surface area contributed by atoms with Crippen LogP contribution in [0.1, 0.15) is 51.3 Å². The van der Waals surface area contributed by atoms with Gasteiger partial charge in [0.25, 0.3) is 11.5 Å². The van der Waals surface area contributed by atoms with Crippen molar-refractivity contribution in [2.75, 3.05) is 13.1 Å². The van der Waals surface area contributed by atoms with Crippen LogP contribution in [0.5, 0.6) is 0 Å². The molecule has 4 aromatic rings. The topological polar surface area (TPSA) is 64.3 Å². The number of carbonyl (C=O) groups excluding carboxylic acids is 1. The second kappa shape index (κ2) is 9.66.